The second kappa shape index (κ2) is 5.62. The van der Waals surface area contributed by atoms with E-state index in [4.69, 9.17) is 4.52 Å². The van der Waals surface area contributed by atoms with Crippen molar-refractivity contribution in [2.75, 3.05) is 13.1 Å². The molecular weight excluding hydrogens is 262 g/mol. The van der Waals surface area contributed by atoms with Crippen molar-refractivity contribution >= 4 is 0 Å². The summed E-state index contributed by atoms with van der Waals surface area (Å²) in [5, 5.41) is 7.96. The maximum absolute atomic E-state index is 5.49. The second-order valence-electron chi connectivity index (χ2n) is 6.21. The van der Waals surface area contributed by atoms with Crippen LogP contribution in [-0.2, 0) is 6.54 Å². The van der Waals surface area contributed by atoms with Crippen LogP contribution in [0.2, 0.25) is 0 Å². The molecule has 2 bridgehead atoms. The fourth-order valence-electron chi connectivity index (χ4n) is 3.51. The van der Waals surface area contributed by atoms with E-state index < -0.39 is 0 Å². The van der Waals surface area contributed by atoms with Crippen molar-refractivity contribution in [3.05, 3.63) is 42.1 Å². The molecule has 110 valence electrons. The Labute approximate surface area is 125 Å². The summed E-state index contributed by atoms with van der Waals surface area (Å²) >= 11 is 0. The van der Waals surface area contributed by atoms with E-state index in [-0.39, 0.29) is 0 Å². The zero-order valence-electron chi connectivity index (χ0n) is 12.2. The average molecular weight is 283 g/mol. The van der Waals surface area contributed by atoms with E-state index >= 15 is 0 Å². The van der Waals surface area contributed by atoms with Crippen LogP contribution < -0.4 is 5.32 Å². The van der Waals surface area contributed by atoms with Crippen LogP contribution in [0.5, 0.6) is 0 Å². The Morgan fingerprint density at radius 1 is 1.14 bits per heavy atom. The van der Waals surface area contributed by atoms with Gasteiger partial charge in [-0.05, 0) is 19.3 Å². The van der Waals surface area contributed by atoms with Crippen LogP contribution in [0.25, 0.3) is 11.3 Å². The lowest BCUT2D eigenvalue weighted by Gasteiger charge is -2.22. The molecule has 4 heteroatoms. The highest BCUT2D eigenvalue weighted by Gasteiger charge is 2.29. The number of benzene rings is 1. The van der Waals surface area contributed by atoms with Crippen LogP contribution in [0.1, 0.15) is 25.0 Å². The van der Waals surface area contributed by atoms with Gasteiger partial charge in [0.1, 0.15) is 0 Å². The molecule has 0 amide bonds. The highest BCUT2D eigenvalue weighted by molar-refractivity contribution is 5.56. The number of likely N-dealkylation sites (tertiary alicyclic amines) is 1. The SMILES string of the molecule is c1ccc(-c2cc(CN3CCC4CCC(C3)N4)no2)cc1. The summed E-state index contributed by atoms with van der Waals surface area (Å²) in [7, 11) is 0. The van der Waals surface area contributed by atoms with Crippen molar-refractivity contribution in [1.29, 1.82) is 0 Å². The molecule has 2 atom stereocenters. The van der Waals surface area contributed by atoms with E-state index in [2.05, 4.69) is 33.6 Å². The van der Waals surface area contributed by atoms with Gasteiger partial charge in [0.25, 0.3) is 0 Å². The summed E-state index contributed by atoms with van der Waals surface area (Å²) < 4.78 is 5.49. The number of hydrogen-bond donors (Lipinski definition) is 1. The lowest BCUT2D eigenvalue weighted by atomic mass is 10.1. The van der Waals surface area contributed by atoms with Gasteiger partial charge in [-0.1, -0.05) is 35.5 Å². The van der Waals surface area contributed by atoms with E-state index in [1.165, 1.54) is 19.3 Å². The average Bonchev–Trinajstić information content (AvgIpc) is 3.09. The normalized spacial score (nSPS) is 25.9. The first-order chi connectivity index (χ1) is 10.4. The van der Waals surface area contributed by atoms with Crippen LogP contribution in [-0.4, -0.2) is 35.2 Å². The number of rotatable bonds is 3. The maximum Gasteiger partial charge on any atom is 0.167 e. The van der Waals surface area contributed by atoms with E-state index in [0.29, 0.717) is 6.04 Å². The van der Waals surface area contributed by atoms with E-state index in [1.54, 1.807) is 0 Å². The van der Waals surface area contributed by atoms with Gasteiger partial charge in [-0.15, -0.1) is 0 Å². The first-order valence-electron chi connectivity index (χ1n) is 7.86. The van der Waals surface area contributed by atoms with Crippen molar-refractivity contribution < 1.29 is 4.52 Å². The summed E-state index contributed by atoms with van der Waals surface area (Å²) in [5.74, 6) is 0.861. The van der Waals surface area contributed by atoms with Crippen LogP contribution in [0.4, 0.5) is 0 Å². The molecule has 1 aromatic carbocycles. The standard InChI is InChI=1S/C17H21N3O/c1-2-4-13(5-3-1)17-10-16(19-21-17)12-20-9-8-14-6-7-15(11-20)18-14/h1-5,10,14-15,18H,6-9,11-12H2. The summed E-state index contributed by atoms with van der Waals surface area (Å²) in [4.78, 5) is 2.50. The van der Waals surface area contributed by atoms with Gasteiger partial charge in [0.05, 0.1) is 5.69 Å². The molecule has 2 aliphatic heterocycles. The molecule has 2 fully saturated rings. The molecule has 1 aromatic heterocycles. The molecule has 2 unspecified atom stereocenters. The van der Waals surface area contributed by atoms with E-state index in [0.717, 1.165) is 42.7 Å². The van der Waals surface area contributed by atoms with Gasteiger partial charge < -0.3 is 9.84 Å². The Hall–Kier alpha value is -1.65. The van der Waals surface area contributed by atoms with Crippen molar-refractivity contribution in [1.82, 2.24) is 15.4 Å². The Bertz CT molecular complexity index is 595. The molecule has 21 heavy (non-hydrogen) atoms. The van der Waals surface area contributed by atoms with Gasteiger partial charge in [-0.3, -0.25) is 4.90 Å². The summed E-state index contributed by atoms with van der Waals surface area (Å²) in [6.07, 6.45) is 3.91. The van der Waals surface area contributed by atoms with Gasteiger partial charge in [0.15, 0.2) is 5.76 Å². The quantitative estimate of drug-likeness (QED) is 0.940. The summed E-state index contributed by atoms with van der Waals surface area (Å²) in [5.41, 5.74) is 2.12. The van der Waals surface area contributed by atoms with Gasteiger partial charge in [0, 0.05) is 43.3 Å². The molecule has 2 aromatic rings. The first kappa shape index (κ1) is 13.0. The fraction of sp³-hybridized carbons (Fsp3) is 0.471. The number of aromatic nitrogens is 1. The Morgan fingerprint density at radius 2 is 2.00 bits per heavy atom. The van der Waals surface area contributed by atoms with Crippen molar-refractivity contribution in [3.8, 4) is 11.3 Å². The van der Waals surface area contributed by atoms with Gasteiger partial charge in [-0.2, -0.15) is 0 Å². The zero-order chi connectivity index (χ0) is 14.1. The Kier molecular flexibility index (Phi) is 3.49. The molecule has 2 aliphatic rings. The molecule has 1 N–H and O–H groups in total. The van der Waals surface area contributed by atoms with E-state index in [1.807, 2.05) is 18.2 Å². The number of nitrogens with one attached hydrogen (secondary N) is 1. The van der Waals surface area contributed by atoms with Crippen molar-refractivity contribution in [2.24, 2.45) is 0 Å². The van der Waals surface area contributed by atoms with Crippen LogP contribution in [0.3, 0.4) is 0 Å². The predicted octanol–water partition coefficient (Wildman–Crippen LogP) is 2.67. The Morgan fingerprint density at radius 3 is 2.90 bits per heavy atom. The number of hydrogen-bond acceptors (Lipinski definition) is 4. The number of fused-ring (bicyclic) bond motifs is 2. The lowest BCUT2D eigenvalue weighted by molar-refractivity contribution is 0.243. The van der Waals surface area contributed by atoms with Crippen molar-refractivity contribution in [3.63, 3.8) is 0 Å². The molecule has 0 aliphatic carbocycles. The monoisotopic (exact) mass is 283 g/mol. The molecule has 0 radical (unpaired) electrons. The predicted molar refractivity (Wildman–Crippen MR) is 81.8 cm³/mol. The van der Waals surface area contributed by atoms with Gasteiger partial charge >= 0.3 is 0 Å². The topological polar surface area (TPSA) is 41.3 Å². The smallest absolute Gasteiger partial charge is 0.167 e. The third-order valence-corrected chi connectivity index (χ3v) is 4.61. The molecule has 0 saturated carbocycles. The Balaban J connectivity index is 1.44. The summed E-state index contributed by atoms with van der Waals surface area (Å²) in [6, 6.07) is 13.6. The fourth-order valence-corrected chi connectivity index (χ4v) is 3.51. The molecule has 0 spiro atoms. The van der Waals surface area contributed by atoms with Crippen LogP contribution in [0, 0.1) is 0 Å². The minimum atomic E-state index is 0.665. The lowest BCUT2D eigenvalue weighted by Crippen LogP contribution is -2.35. The second-order valence-corrected chi connectivity index (χ2v) is 6.21. The van der Waals surface area contributed by atoms with E-state index in [9.17, 15) is 0 Å². The third-order valence-electron chi connectivity index (χ3n) is 4.61. The zero-order valence-corrected chi connectivity index (χ0v) is 12.2. The van der Waals surface area contributed by atoms with Crippen LogP contribution >= 0.6 is 0 Å². The molecule has 2 saturated heterocycles. The minimum Gasteiger partial charge on any atom is -0.356 e. The molecular formula is C17H21N3O. The number of nitrogens with zero attached hydrogens (tertiary/aromatic N) is 2. The maximum atomic E-state index is 5.49. The third kappa shape index (κ3) is 2.87. The van der Waals surface area contributed by atoms with Crippen molar-refractivity contribution in [2.45, 2.75) is 37.9 Å². The van der Waals surface area contributed by atoms with Crippen LogP contribution in [0.15, 0.2) is 40.9 Å². The molecule has 4 nitrogen and oxygen atoms in total. The van der Waals surface area contributed by atoms with Gasteiger partial charge in [-0.25, -0.2) is 0 Å². The minimum absolute atomic E-state index is 0.665. The summed E-state index contributed by atoms with van der Waals surface area (Å²) in [6.45, 7) is 3.17. The molecule has 4 rings (SSSR count). The highest BCUT2D eigenvalue weighted by atomic mass is 16.5. The van der Waals surface area contributed by atoms with Gasteiger partial charge in [0.2, 0.25) is 0 Å². The highest BCUT2D eigenvalue weighted by Crippen LogP contribution is 2.23. The largest absolute Gasteiger partial charge is 0.356 e. The first-order valence-corrected chi connectivity index (χ1v) is 7.86. The molecule has 3 heterocycles.